The molecule has 0 fully saturated rings. The molecule has 22 heavy (non-hydrogen) atoms. The number of benzene rings is 1. The summed E-state index contributed by atoms with van der Waals surface area (Å²) in [5, 5.41) is 13.4. The van der Waals surface area contributed by atoms with Gasteiger partial charge in [-0.2, -0.15) is 5.10 Å². The molecule has 0 spiro atoms. The molecule has 1 aromatic carbocycles. The molecule has 0 saturated heterocycles. The van der Waals surface area contributed by atoms with Crippen LogP contribution in [0.4, 0.5) is 11.6 Å². The summed E-state index contributed by atoms with van der Waals surface area (Å²) in [7, 11) is 3.88. The summed E-state index contributed by atoms with van der Waals surface area (Å²) in [6.07, 6.45) is 1.67. The third-order valence-corrected chi connectivity index (χ3v) is 2.99. The van der Waals surface area contributed by atoms with Gasteiger partial charge in [-0.3, -0.25) is 5.43 Å². The average Bonchev–Trinajstić information content (AvgIpc) is 2.49. The third kappa shape index (κ3) is 4.18. The molecular weight excluding hydrogens is 278 g/mol. The fraction of sp³-hybridized carbons (Fsp3) is 0.312. The van der Waals surface area contributed by atoms with Crippen molar-refractivity contribution in [3.05, 3.63) is 41.7 Å². The Balaban J connectivity index is 2.16. The molecule has 6 heteroatoms. The molecule has 0 saturated carbocycles. The molecular formula is C16H21N5O. The Morgan fingerprint density at radius 3 is 2.45 bits per heavy atom. The molecule has 0 aliphatic rings. The molecule has 116 valence electrons. The average molecular weight is 299 g/mol. The van der Waals surface area contributed by atoms with Crippen LogP contribution in [0.3, 0.4) is 0 Å². The highest BCUT2D eigenvalue weighted by Crippen LogP contribution is 2.18. The summed E-state index contributed by atoms with van der Waals surface area (Å²) in [6, 6.07) is 8.65. The van der Waals surface area contributed by atoms with E-state index < -0.39 is 0 Å². The summed E-state index contributed by atoms with van der Waals surface area (Å²) in [6.45, 7) is 4.11. The standard InChI is InChI=1S/C16H21N5O/c1-11(2)16-18-14(9-15(19-16)21(3)4)20-17-10-12-5-7-13(22)8-6-12/h5-11,22H,1-4H3,(H,18,19,20)/b17-10+. The predicted octanol–water partition coefficient (Wildman–Crippen LogP) is 2.82. The second kappa shape index (κ2) is 6.89. The topological polar surface area (TPSA) is 73.6 Å². The van der Waals surface area contributed by atoms with Crippen LogP contribution >= 0.6 is 0 Å². The number of hydrogen-bond donors (Lipinski definition) is 2. The minimum atomic E-state index is 0.234. The highest BCUT2D eigenvalue weighted by atomic mass is 16.3. The van der Waals surface area contributed by atoms with Crippen LogP contribution in [0.1, 0.15) is 31.2 Å². The summed E-state index contributed by atoms with van der Waals surface area (Å²) in [5.74, 6) is 2.73. The van der Waals surface area contributed by atoms with Gasteiger partial charge >= 0.3 is 0 Å². The maximum atomic E-state index is 9.24. The maximum Gasteiger partial charge on any atom is 0.152 e. The molecule has 0 amide bonds. The molecule has 2 rings (SSSR count). The van der Waals surface area contributed by atoms with Crippen LogP contribution in [0, 0.1) is 0 Å². The Hall–Kier alpha value is -2.63. The van der Waals surface area contributed by atoms with Gasteiger partial charge in [-0.1, -0.05) is 13.8 Å². The van der Waals surface area contributed by atoms with E-state index in [1.54, 1.807) is 30.5 Å². The Kier molecular flexibility index (Phi) is 4.93. The lowest BCUT2D eigenvalue weighted by atomic mass is 10.2. The molecule has 1 aromatic heterocycles. The summed E-state index contributed by atoms with van der Waals surface area (Å²) >= 11 is 0. The summed E-state index contributed by atoms with van der Waals surface area (Å²) in [4.78, 5) is 10.9. The van der Waals surface area contributed by atoms with Crippen LogP contribution in [0.25, 0.3) is 0 Å². The van der Waals surface area contributed by atoms with Gasteiger partial charge in [-0.25, -0.2) is 9.97 Å². The molecule has 0 bridgehead atoms. The van der Waals surface area contributed by atoms with Crippen molar-refractivity contribution in [2.45, 2.75) is 19.8 Å². The highest BCUT2D eigenvalue weighted by molar-refractivity contribution is 5.80. The number of nitrogens with zero attached hydrogens (tertiary/aromatic N) is 4. The molecule has 0 aliphatic carbocycles. The first-order valence-electron chi connectivity index (χ1n) is 7.10. The van der Waals surface area contributed by atoms with Crippen LogP contribution < -0.4 is 10.3 Å². The van der Waals surface area contributed by atoms with Gasteiger partial charge in [-0.15, -0.1) is 0 Å². The second-order valence-corrected chi connectivity index (χ2v) is 5.48. The zero-order chi connectivity index (χ0) is 16.1. The van der Waals surface area contributed by atoms with Crippen molar-refractivity contribution in [3.8, 4) is 5.75 Å². The first-order chi connectivity index (χ1) is 10.5. The molecule has 1 heterocycles. The minimum absolute atomic E-state index is 0.234. The van der Waals surface area contributed by atoms with Crippen molar-refractivity contribution in [2.24, 2.45) is 5.10 Å². The number of anilines is 2. The molecule has 2 aromatic rings. The third-order valence-electron chi connectivity index (χ3n) is 2.99. The van der Waals surface area contributed by atoms with Gasteiger partial charge in [0.25, 0.3) is 0 Å². The second-order valence-electron chi connectivity index (χ2n) is 5.48. The van der Waals surface area contributed by atoms with Gasteiger partial charge < -0.3 is 10.0 Å². The Morgan fingerprint density at radius 1 is 1.18 bits per heavy atom. The predicted molar refractivity (Wildman–Crippen MR) is 89.8 cm³/mol. The largest absolute Gasteiger partial charge is 0.508 e. The van der Waals surface area contributed by atoms with Gasteiger partial charge in [0.2, 0.25) is 0 Å². The lowest BCUT2D eigenvalue weighted by molar-refractivity contribution is 0.475. The van der Waals surface area contributed by atoms with Gasteiger partial charge in [0.15, 0.2) is 5.82 Å². The lowest BCUT2D eigenvalue weighted by Gasteiger charge is -2.15. The van der Waals surface area contributed by atoms with Crippen LogP contribution in [0.2, 0.25) is 0 Å². The van der Waals surface area contributed by atoms with E-state index in [2.05, 4.69) is 34.3 Å². The first kappa shape index (κ1) is 15.8. The van der Waals surface area contributed by atoms with Crippen LogP contribution in [0.15, 0.2) is 35.4 Å². The normalized spacial score (nSPS) is 11.1. The van der Waals surface area contributed by atoms with E-state index in [1.165, 1.54) is 0 Å². The van der Waals surface area contributed by atoms with Crippen molar-refractivity contribution in [3.63, 3.8) is 0 Å². The van der Waals surface area contributed by atoms with Crippen molar-refractivity contribution >= 4 is 17.9 Å². The maximum absolute atomic E-state index is 9.24. The van der Waals surface area contributed by atoms with Crippen molar-refractivity contribution in [1.29, 1.82) is 0 Å². The number of rotatable bonds is 5. The number of aromatic nitrogens is 2. The fourth-order valence-electron chi connectivity index (χ4n) is 1.73. The van der Waals surface area contributed by atoms with Crippen LogP contribution in [0.5, 0.6) is 5.75 Å². The zero-order valence-corrected chi connectivity index (χ0v) is 13.3. The Bertz CT molecular complexity index is 624. The van der Waals surface area contributed by atoms with Gasteiger partial charge in [-0.05, 0) is 29.8 Å². The van der Waals surface area contributed by atoms with E-state index in [0.29, 0.717) is 5.82 Å². The van der Waals surface area contributed by atoms with Gasteiger partial charge in [0, 0.05) is 26.1 Å². The molecule has 0 aliphatic heterocycles. The molecule has 0 radical (unpaired) electrons. The van der Waals surface area contributed by atoms with Crippen molar-refractivity contribution < 1.29 is 5.11 Å². The van der Waals surface area contributed by atoms with E-state index in [9.17, 15) is 5.11 Å². The van der Waals surface area contributed by atoms with E-state index >= 15 is 0 Å². The number of nitrogens with one attached hydrogen (secondary N) is 1. The Morgan fingerprint density at radius 2 is 1.86 bits per heavy atom. The summed E-state index contributed by atoms with van der Waals surface area (Å²) in [5.41, 5.74) is 3.81. The Labute approximate surface area is 130 Å². The molecule has 0 unspecified atom stereocenters. The number of phenolic OH excluding ortho intramolecular Hbond substituents is 1. The van der Waals surface area contributed by atoms with Crippen molar-refractivity contribution in [1.82, 2.24) is 9.97 Å². The van der Waals surface area contributed by atoms with E-state index in [4.69, 9.17) is 0 Å². The van der Waals surface area contributed by atoms with E-state index in [0.717, 1.165) is 17.2 Å². The van der Waals surface area contributed by atoms with E-state index in [1.807, 2.05) is 25.1 Å². The lowest BCUT2D eigenvalue weighted by Crippen LogP contribution is -2.13. The molecule has 6 nitrogen and oxygen atoms in total. The molecule has 0 atom stereocenters. The monoisotopic (exact) mass is 299 g/mol. The number of phenols is 1. The van der Waals surface area contributed by atoms with Crippen LogP contribution in [-0.2, 0) is 0 Å². The quantitative estimate of drug-likeness (QED) is 0.656. The van der Waals surface area contributed by atoms with Gasteiger partial charge in [0.05, 0.1) is 6.21 Å². The molecule has 2 N–H and O–H groups in total. The van der Waals surface area contributed by atoms with Crippen molar-refractivity contribution in [2.75, 3.05) is 24.4 Å². The number of aromatic hydroxyl groups is 1. The SMILES string of the molecule is CC(C)c1nc(N/N=C/c2ccc(O)cc2)cc(N(C)C)n1. The van der Waals surface area contributed by atoms with Gasteiger partial charge in [0.1, 0.15) is 17.4 Å². The van der Waals surface area contributed by atoms with Crippen LogP contribution in [-0.4, -0.2) is 35.4 Å². The zero-order valence-electron chi connectivity index (χ0n) is 13.3. The minimum Gasteiger partial charge on any atom is -0.508 e. The smallest absolute Gasteiger partial charge is 0.152 e. The number of hydrogen-bond acceptors (Lipinski definition) is 6. The highest BCUT2D eigenvalue weighted by Gasteiger charge is 2.08. The number of hydrazone groups is 1. The van der Waals surface area contributed by atoms with E-state index in [-0.39, 0.29) is 11.7 Å². The summed E-state index contributed by atoms with van der Waals surface area (Å²) < 4.78 is 0. The fourth-order valence-corrected chi connectivity index (χ4v) is 1.73. The first-order valence-corrected chi connectivity index (χ1v) is 7.10.